The molecule has 11 heteroatoms. The minimum Gasteiger partial charge on any atom is -0.456 e. The van der Waals surface area contributed by atoms with Crippen LogP contribution in [0, 0.1) is 0 Å². The summed E-state index contributed by atoms with van der Waals surface area (Å²) in [6.45, 7) is 4.62. The Bertz CT molecular complexity index is 844. The number of hydrogen-bond donors (Lipinski definition) is 1. The molecule has 0 amide bonds. The summed E-state index contributed by atoms with van der Waals surface area (Å²) in [5.74, 6) is 0.693. The number of carbonyl (C=O) groups excluding carboxylic acids is 2. The van der Waals surface area contributed by atoms with Crippen molar-refractivity contribution in [2.45, 2.75) is 45.3 Å². The number of nitrogen functional groups attached to an aromatic ring is 1. The van der Waals surface area contributed by atoms with Crippen LogP contribution in [0.3, 0.4) is 0 Å². The van der Waals surface area contributed by atoms with Gasteiger partial charge in [0.25, 0.3) is 0 Å². The number of rotatable bonds is 6. The molecular weight excluding hydrogens is 374 g/mol. The van der Waals surface area contributed by atoms with Crippen LogP contribution in [0.25, 0.3) is 11.2 Å². The summed E-state index contributed by atoms with van der Waals surface area (Å²) < 4.78 is 18.7. The summed E-state index contributed by atoms with van der Waals surface area (Å²) in [5, 5.41) is 0. The van der Waals surface area contributed by atoms with Gasteiger partial charge in [-0.25, -0.2) is 15.0 Å². The molecule has 1 aliphatic rings. The van der Waals surface area contributed by atoms with Crippen molar-refractivity contribution in [1.29, 1.82) is 0 Å². The highest BCUT2D eigenvalue weighted by atomic mass is 32.2. The van der Waals surface area contributed by atoms with Gasteiger partial charge in [-0.05, 0) is 5.75 Å². The Hall–Kier alpha value is -2.40. The molecule has 0 spiro atoms. The van der Waals surface area contributed by atoms with Crippen LogP contribution in [0.1, 0.15) is 27.0 Å². The zero-order valence-corrected chi connectivity index (χ0v) is 16.0. The molecule has 0 aliphatic carbocycles. The zero-order chi connectivity index (χ0) is 19.6. The van der Waals surface area contributed by atoms with E-state index in [1.165, 1.54) is 26.5 Å². The number of hydrogen-bond acceptors (Lipinski definition) is 10. The third-order valence-electron chi connectivity index (χ3n) is 4.04. The first-order valence-corrected chi connectivity index (χ1v) is 9.58. The van der Waals surface area contributed by atoms with Gasteiger partial charge in [0.15, 0.2) is 29.9 Å². The molecule has 2 aromatic rings. The number of ether oxygens (including phenoxy) is 3. The number of carbonyl (C=O) groups is 2. The van der Waals surface area contributed by atoms with Crippen molar-refractivity contribution in [3.63, 3.8) is 0 Å². The van der Waals surface area contributed by atoms with E-state index < -0.39 is 36.5 Å². The van der Waals surface area contributed by atoms with E-state index >= 15 is 0 Å². The summed E-state index contributed by atoms with van der Waals surface area (Å²) in [4.78, 5) is 35.7. The standard InChI is InChI=1S/C16H21N5O5S/c1-4-27-5-10-12(24-8(2)22)13(25-9(3)23)16(26-10)21-7-20-11-14(17)18-6-19-15(11)21/h6-7,10,12-13,16H,4-5H2,1-3H3,(H2,17,18,19). The van der Waals surface area contributed by atoms with Gasteiger partial charge in [-0.1, -0.05) is 6.92 Å². The second-order valence-electron chi connectivity index (χ2n) is 5.96. The third kappa shape index (κ3) is 3.98. The Morgan fingerprint density at radius 2 is 1.93 bits per heavy atom. The van der Waals surface area contributed by atoms with Gasteiger partial charge < -0.3 is 19.9 Å². The van der Waals surface area contributed by atoms with Crippen LogP contribution in [0.4, 0.5) is 5.82 Å². The molecule has 10 nitrogen and oxygen atoms in total. The summed E-state index contributed by atoms with van der Waals surface area (Å²) >= 11 is 1.64. The van der Waals surface area contributed by atoms with E-state index in [1.54, 1.807) is 16.3 Å². The largest absolute Gasteiger partial charge is 0.456 e. The number of esters is 2. The highest BCUT2D eigenvalue weighted by Gasteiger charge is 2.50. The van der Waals surface area contributed by atoms with Gasteiger partial charge in [-0.2, -0.15) is 11.8 Å². The fraction of sp³-hybridized carbons (Fsp3) is 0.562. The Labute approximate surface area is 159 Å². The molecule has 3 rings (SSSR count). The predicted molar refractivity (Wildman–Crippen MR) is 97.8 cm³/mol. The molecule has 1 aliphatic heterocycles. The van der Waals surface area contributed by atoms with Crippen LogP contribution in [-0.4, -0.2) is 61.3 Å². The average Bonchev–Trinajstić information content (AvgIpc) is 3.16. The quantitative estimate of drug-likeness (QED) is 0.704. The number of aromatic nitrogens is 4. The molecule has 2 aromatic heterocycles. The maximum Gasteiger partial charge on any atom is 0.303 e. The Morgan fingerprint density at radius 3 is 2.59 bits per heavy atom. The number of nitrogens with two attached hydrogens (primary N) is 1. The van der Waals surface area contributed by atoms with Crippen LogP contribution in [0.15, 0.2) is 12.7 Å². The molecule has 0 saturated carbocycles. The second kappa shape index (κ2) is 8.09. The van der Waals surface area contributed by atoms with Crippen molar-refractivity contribution in [2.24, 2.45) is 0 Å². The van der Waals surface area contributed by atoms with Crippen LogP contribution < -0.4 is 5.73 Å². The van der Waals surface area contributed by atoms with Crippen LogP contribution in [0.2, 0.25) is 0 Å². The second-order valence-corrected chi connectivity index (χ2v) is 7.27. The van der Waals surface area contributed by atoms with Gasteiger partial charge in [-0.3, -0.25) is 14.2 Å². The maximum absolute atomic E-state index is 11.7. The van der Waals surface area contributed by atoms with E-state index in [4.69, 9.17) is 19.9 Å². The summed E-state index contributed by atoms with van der Waals surface area (Å²) in [7, 11) is 0. The molecule has 2 N–H and O–H groups in total. The number of nitrogens with zero attached hydrogens (tertiary/aromatic N) is 4. The average molecular weight is 395 g/mol. The van der Waals surface area contributed by atoms with Gasteiger partial charge in [0.1, 0.15) is 17.9 Å². The lowest BCUT2D eigenvalue weighted by molar-refractivity contribution is -0.165. The van der Waals surface area contributed by atoms with E-state index in [-0.39, 0.29) is 5.82 Å². The molecule has 1 saturated heterocycles. The minimum atomic E-state index is -0.845. The summed E-state index contributed by atoms with van der Waals surface area (Å²) in [6.07, 6.45) is 0.00998. The fourth-order valence-corrected chi connectivity index (χ4v) is 3.74. The molecular formula is C16H21N5O5S. The van der Waals surface area contributed by atoms with Crippen LogP contribution >= 0.6 is 11.8 Å². The van der Waals surface area contributed by atoms with Crippen molar-refractivity contribution in [3.05, 3.63) is 12.7 Å². The molecule has 3 heterocycles. The van der Waals surface area contributed by atoms with E-state index in [0.717, 1.165) is 5.75 Å². The van der Waals surface area contributed by atoms with Gasteiger partial charge in [0.05, 0.1) is 6.33 Å². The number of anilines is 1. The van der Waals surface area contributed by atoms with Crippen LogP contribution in [-0.2, 0) is 23.8 Å². The lowest BCUT2D eigenvalue weighted by Crippen LogP contribution is -2.39. The first-order valence-electron chi connectivity index (χ1n) is 8.43. The van der Waals surface area contributed by atoms with Gasteiger partial charge in [-0.15, -0.1) is 0 Å². The smallest absolute Gasteiger partial charge is 0.303 e. The van der Waals surface area contributed by atoms with E-state index in [2.05, 4.69) is 15.0 Å². The maximum atomic E-state index is 11.7. The van der Waals surface area contributed by atoms with E-state index in [9.17, 15) is 9.59 Å². The molecule has 4 atom stereocenters. The lowest BCUT2D eigenvalue weighted by atomic mass is 10.1. The molecule has 0 aromatic carbocycles. The Kier molecular flexibility index (Phi) is 5.80. The van der Waals surface area contributed by atoms with Crippen molar-refractivity contribution in [3.8, 4) is 0 Å². The summed E-state index contributed by atoms with van der Waals surface area (Å²) in [6, 6.07) is 0. The first kappa shape index (κ1) is 19.4. The fourth-order valence-electron chi connectivity index (χ4n) is 3.01. The SMILES string of the molecule is CCSCC1OC(n2cnc3c(N)ncnc32)C(OC(C)=O)C1OC(C)=O. The van der Waals surface area contributed by atoms with Gasteiger partial charge >= 0.3 is 11.9 Å². The van der Waals surface area contributed by atoms with Crippen molar-refractivity contribution < 1.29 is 23.8 Å². The van der Waals surface area contributed by atoms with Gasteiger partial charge in [0, 0.05) is 19.6 Å². The Balaban J connectivity index is 2.01. The zero-order valence-electron chi connectivity index (χ0n) is 15.2. The summed E-state index contributed by atoms with van der Waals surface area (Å²) in [5.41, 5.74) is 6.70. The first-order chi connectivity index (χ1) is 12.9. The minimum absolute atomic E-state index is 0.232. The van der Waals surface area contributed by atoms with Crippen molar-refractivity contribution in [2.75, 3.05) is 17.2 Å². The monoisotopic (exact) mass is 395 g/mol. The van der Waals surface area contributed by atoms with Crippen molar-refractivity contribution in [1.82, 2.24) is 19.5 Å². The normalized spacial score (nSPS) is 24.9. The molecule has 0 radical (unpaired) electrons. The predicted octanol–water partition coefficient (Wildman–Crippen LogP) is 0.922. The van der Waals surface area contributed by atoms with Gasteiger partial charge in [0.2, 0.25) is 0 Å². The molecule has 146 valence electrons. The number of fused-ring (bicyclic) bond motifs is 1. The molecule has 4 unspecified atom stereocenters. The highest BCUT2D eigenvalue weighted by molar-refractivity contribution is 7.99. The van der Waals surface area contributed by atoms with Crippen LogP contribution in [0.5, 0.6) is 0 Å². The Morgan fingerprint density at radius 1 is 1.22 bits per heavy atom. The number of imidazole rings is 1. The molecule has 1 fully saturated rings. The topological polar surface area (TPSA) is 131 Å². The third-order valence-corrected chi connectivity index (χ3v) is 5.01. The molecule has 27 heavy (non-hydrogen) atoms. The number of thioether (sulfide) groups is 1. The van der Waals surface area contributed by atoms with Crippen molar-refractivity contribution >= 4 is 40.7 Å². The van der Waals surface area contributed by atoms with E-state index in [1.807, 2.05) is 6.92 Å². The van der Waals surface area contributed by atoms with E-state index in [0.29, 0.717) is 16.9 Å². The lowest BCUT2D eigenvalue weighted by Gasteiger charge is -2.23. The highest BCUT2D eigenvalue weighted by Crippen LogP contribution is 2.37. The molecule has 0 bridgehead atoms.